The van der Waals surface area contributed by atoms with Crippen LogP contribution < -0.4 is 0 Å². The van der Waals surface area contributed by atoms with Gasteiger partial charge in [-0.05, 0) is 59.2 Å². The summed E-state index contributed by atoms with van der Waals surface area (Å²) in [6, 6.07) is 13.4. The number of unbranched alkanes of at least 4 members (excludes halogenated alkanes) is 13. The molecular formula is C28H40IN. The van der Waals surface area contributed by atoms with Crippen LogP contribution in [0, 0.1) is 3.57 Å². The molecule has 164 valence electrons. The number of aryl methyl sites for hydroxylation is 1. The van der Waals surface area contributed by atoms with E-state index in [4.69, 9.17) is 0 Å². The molecule has 1 aromatic heterocycles. The third-order valence-electron chi connectivity index (χ3n) is 6.46. The number of benzene rings is 2. The number of H-pyrrole nitrogens is 1. The van der Waals surface area contributed by atoms with Crippen LogP contribution in [0.15, 0.2) is 36.4 Å². The summed E-state index contributed by atoms with van der Waals surface area (Å²) in [6.07, 6.45) is 21.1. The van der Waals surface area contributed by atoms with Gasteiger partial charge >= 0.3 is 0 Å². The number of rotatable bonds is 15. The Morgan fingerprint density at radius 2 is 1.23 bits per heavy atom. The van der Waals surface area contributed by atoms with Gasteiger partial charge in [-0.2, -0.15) is 0 Å². The summed E-state index contributed by atoms with van der Waals surface area (Å²) in [6.45, 7) is 2.30. The molecule has 0 saturated carbocycles. The first-order valence-electron chi connectivity index (χ1n) is 12.5. The largest absolute Gasteiger partial charge is 0.354 e. The third kappa shape index (κ3) is 7.28. The molecule has 0 saturated heterocycles. The molecule has 0 aliphatic heterocycles. The molecule has 3 rings (SSSR count). The van der Waals surface area contributed by atoms with Gasteiger partial charge < -0.3 is 4.98 Å². The van der Waals surface area contributed by atoms with E-state index in [9.17, 15) is 0 Å². The van der Waals surface area contributed by atoms with E-state index in [1.165, 1.54) is 127 Å². The van der Waals surface area contributed by atoms with Crippen LogP contribution in [0.4, 0.5) is 0 Å². The molecule has 0 atom stereocenters. The molecule has 2 aromatic carbocycles. The molecule has 0 fully saturated rings. The van der Waals surface area contributed by atoms with Crippen molar-refractivity contribution in [2.75, 3.05) is 0 Å². The van der Waals surface area contributed by atoms with Gasteiger partial charge in [-0.15, -0.1) is 0 Å². The highest BCUT2D eigenvalue weighted by atomic mass is 127. The normalized spacial score (nSPS) is 11.7. The van der Waals surface area contributed by atoms with Crippen molar-refractivity contribution in [2.45, 2.75) is 103 Å². The molecule has 3 aromatic rings. The third-order valence-corrected chi connectivity index (χ3v) is 7.08. The Hall–Kier alpha value is -1.03. The van der Waals surface area contributed by atoms with Crippen LogP contribution in [0.3, 0.4) is 0 Å². The van der Waals surface area contributed by atoms with Crippen molar-refractivity contribution >= 4 is 44.4 Å². The average molecular weight is 518 g/mol. The molecule has 0 amide bonds. The summed E-state index contributed by atoms with van der Waals surface area (Å²) >= 11 is 2.47. The van der Waals surface area contributed by atoms with Crippen molar-refractivity contribution in [1.82, 2.24) is 4.98 Å². The van der Waals surface area contributed by atoms with E-state index in [1.54, 1.807) is 0 Å². The Labute approximate surface area is 197 Å². The predicted molar refractivity (Wildman–Crippen MR) is 143 cm³/mol. The molecule has 0 aliphatic rings. The van der Waals surface area contributed by atoms with Gasteiger partial charge in [-0.1, -0.05) is 109 Å². The summed E-state index contributed by atoms with van der Waals surface area (Å²) in [5.41, 5.74) is 4.11. The van der Waals surface area contributed by atoms with Gasteiger partial charge in [0, 0.05) is 25.4 Å². The Bertz CT molecular complexity index is 879. The average Bonchev–Trinajstić information content (AvgIpc) is 3.12. The Balaban J connectivity index is 1.30. The fraction of sp³-hybridized carbons (Fsp3) is 0.571. The molecule has 0 bridgehead atoms. The molecule has 30 heavy (non-hydrogen) atoms. The van der Waals surface area contributed by atoms with Gasteiger partial charge in [0.1, 0.15) is 0 Å². The maximum absolute atomic E-state index is 3.67. The van der Waals surface area contributed by atoms with Crippen LogP contribution in [-0.4, -0.2) is 4.98 Å². The highest BCUT2D eigenvalue weighted by Crippen LogP contribution is 2.30. The monoisotopic (exact) mass is 517 g/mol. The van der Waals surface area contributed by atoms with E-state index in [0.29, 0.717) is 0 Å². The van der Waals surface area contributed by atoms with Crippen molar-refractivity contribution in [3.05, 3.63) is 45.5 Å². The maximum atomic E-state index is 3.67. The van der Waals surface area contributed by atoms with Crippen molar-refractivity contribution in [3.63, 3.8) is 0 Å². The zero-order valence-electron chi connectivity index (χ0n) is 18.9. The standard InChI is InChI=1S/C28H40IN/c1-2-3-4-5-6-7-8-9-10-11-12-13-14-15-18-23-21-24(29)22-26-25-19-16-17-20-27(25)30-28(23)26/h16-17,19-22,30H,2-15,18H2,1H3. The van der Waals surface area contributed by atoms with E-state index in [0.717, 1.165) is 0 Å². The number of halogens is 1. The molecule has 0 radical (unpaired) electrons. The van der Waals surface area contributed by atoms with Gasteiger partial charge in [0.2, 0.25) is 0 Å². The molecule has 0 aliphatic carbocycles. The summed E-state index contributed by atoms with van der Waals surface area (Å²) in [5, 5.41) is 2.74. The summed E-state index contributed by atoms with van der Waals surface area (Å²) in [5.74, 6) is 0. The quantitative estimate of drug-likeness (QED) is 0.153. The molecule has 1 heterocycles. The maximum Gasteiger partial charge on any atom is 0.0498 e. The number of hydrogen-bond donors (Lipinski definition) is 1. The number of para-hydroxylation sites is 1. The van der Waals surface area contributed by atoms with Crippen LogP contribution in [-0.2, 0) is 6.42 Å². The lowest BCUT2D eigenvalue weighted by Crippen LogP contribution is -1.90. The second-order valence-corrected chi connectivity index (χ2v) is 10.2. The first kappa shape index (κ1) is 23.6. The van der Waals surface area contributed by atoms with Crippen molar-refractivity contribution in [1.29, 1.82) is 0 Å². The van der Waals surface area contributed by atoms with Crippen LogP contribution in [0.2, 0.25) is 0 Å². The van der Waals surface area contributed by atoms with Crippen molar-refractivity contribution in [3.8, 4) is 0 Å². The van der Waals surface area contributed by atoms with Crippen LogP contribution in [0.25, 0.3) is 21.8 Å². The van der Waals surface area contributed by atoms with Crippen LogP contribution in [0.5, 0.6) is 0 Å². The predicted octanol–water partition coefficient (Wildman–Crippen LogP) is 9.95. The minimum absolute atomic E-state index is 1.19. The van der Waals surface area contributed by atoms with E-state index < -0.39 is 0 Å². The SMILES string of the molecule is CCCCCCCCCCCCCCCCc1cc(I)cc2c1[nH]c1ccccc12. The fourth-order valence-corrected chi connectivity index (χ4v) is 5.38. The first-order valence-corrected chi connectivity index (χ1v) is 13.6. The smallest absolute Gasteiger partial charge is 0.0498 e. The Kier molecular flexibility index (Phi) is 10.6. The van der Waals surface area contributed by atoms with Gasteiger partial charge in [0.25, 0.3) is 0 Å². The Morgan fingerprint density at radius 3 is 1.87 bits per heavy atom. The lowest BCUT2D eigenvalue weighted by atomic mass is 10.0. The summed E-state index contributed by atoms with van der Waals surface area (Å²) < 4.78 is 1.35. The molecule has 2 heteroatoms. The lowest BCUT2D eigenvalue weighted by Gasteiger charge is -2.06. The van der Waals surface area contributed by atoms with Gasteiger partial charge in [-0.3, -0.25) is 0 Å². The number of aromatic nitrogens is 1. The van der Waals surface area contributed by atoms with Crippen LogP contribution in [0.1, 0.15) is 102 Å². The summed E-state index contributed by atoms with van der Waals surface area (Å²) in [7, 11) is 0. The van der Waals surface area contributed by atoms with Crippen LogP contribution >= 0.6 is 22.6 Å². The molecule has 1 nitrogen and oxygen atoms in total. The molecule has 1 N–H and O–H groups in total. The summed E-state index contributed by atoms with van der Waals surface area (Å²) in [4.78, 5) is 3.67. The van der Waals surface area contributed by atoms with Gasteiger partial charge in [-0.25, -0.2) is 0 Å². The highest BCUT2D eigenvalue weighted by Gasteiger charge is 2.09. The van der Waals surface area contributed by atoms with Gasteiger partial charge in [0.15, 0.2) is 0 Å². The van der Waals surface area contributed by atoms with E-state index in [2.05, 4.69) is 70.9 Å². The second kappa shape index (κ2) is 13.4. The second-order valence-electron chi connectivity index (χ2n) is 9.00. The number of aromatic amines is 1. The van der Waals surface area contributed by atoms with Crippen molar-refractivity contribution < 1.29 is 0 Å². The molecular weight excluding hydrogens is 477 g/mol. The van der Waals surface area contributed by atoms with E-state index in [-0.39, 0.29) is 0 Å². The molecule has 0 spiro atoms. The topological polar surface area (TPSA) is 15.8 Å². The zero-order valence-corrected chi connectivity index (χ0v) is 21.1. The minimum atomic E-state index is 1.19. The highest BCUT2D eigenvalue weighted by molar-refractivity contribution is 14.1. The number of nitrogens with one attached hydrogen (secondary N) is 1. The number of hydrogen-bond acceptors (Lipinski definition) is 0. The number of fused-ring (bicyclic) bond motifs is 3. The lowest BCUT2D eigenvalue weighted by molar-refractivity contribution is 0.535. The van der Waals surface area contributed by atoms with E-state index >= 15 is 0 Å². The van der Waals surface area contributed by atoms with Crippen molar-refractivity contribution in [2.24, 2.45) is 0 Å². The zero-order chi connectivity index (χ0) is 21.0. The Morgan fingerprint density at radius 1 is 0.667 bits per heavy atom. The first-order chi connectivity index (χ1) is 14.8. The minimum Gasteiger partial charge on any atom is -0.354 e. The van der Waals surface area contributed by atoms with Gasteiger partial charge in [0.05, 0.1) is 0 Å². The molecule has 0 unspecified atom stereocenters. The van der Waals surface area contributed by atoms with E-state index in [1.807, 2.05) is 0 Å². The fourth-order valence-electron chi connectivity index (χ4n) is 4.69.